The third-order valence-corrected chi connectivity index (χ3v) is 2.58. The molecule has 1 aromatic heterocycles. The Morgan fingerprint density at radius 1 is 1.71 bits per heavy atom. The van der Waals surface area contributed by atoms with Gasteiger partial charge in [-0.05, 0) is 6.07 Å². The van der Waals surface area contributed by atoms with Crippen molar-refractivity contribution in [3.8, 4) is 6.07 Å². The lowest BCUT2D eigenvalue weighted by Crippen LogP contribution is -2.42. The molecule has 0 amide bonds. The first-order chi connectivity index (χ1) is 8.22. The lowest BCUT2D eigenvalue weighted by atomic mass is 10.2. The highest BCUT2D eigenvalue weighted by atomic mass is 16.5. The van der Waals surface area contributed by atoms with Crippen LogP contribution in [0.15, 0.2) is 18.5 Å². The molecule has 0 aliphatic carbocycles. The largest absolute Gasteiger partial charge is 0.478 e. The number of nitrogens with zero attached hydrogens (tertiary/aromatic N) is 3. The lowest BCUT2D eigenvalue weighted by molar-refractivity contribution is 0.0687. The van der Waals surface area contributed by atoms with Crippen molar-refractivity contribution in [1.82, 2.24) is 4.98 Å². The molecule has 2 heterocycles. The number of ether oxygens (including phenoxy) is 1. The summed E-state index contributed by atoms with van der Waals surface area (Å²) in [6.45, 7) is 1.36. The predicted molar refractivity (Wildman–Crippen MR) is 58.8 cm³/mol. The molecule has 6 nitrogen and oxygen atoms in total. The SMILES string of the molecule is N#CC1CN(c2ccncc2C(=O)O)CCO1. The molecule has 1 fully saturated rings. The Kier molecular flexibility index (Phi) is 3.21. The van der Waals surface area contributed by atoms with E-state index < -0.39 is 12.1 Å². The third kappa shape index (κ3) is 2.34. The highest BCUT2D eigenvalue weighted by Crippen LogP contribution is 2.21. The van der Waals surface area contributed by atoms with E-state index in [4.69, 9.17) is 15.1 Å². The fraction of sp³-hybridized carbons (Fsp3) is 0.364. The summed E-state index contributed by atoms with van der Waals surface area (Å²) < 4.78 is 5.21. The average Bonchev–Trinajstić information content (AvgIpc) is 2.39. The summed E-state index contributed by atoms with van der Waals surface area (Å²) in [6.07, 6.45) is 2.34. The molecule has 1 aliphatic heterocycles. The monoisotopic (exact) mass is 233 g/mol. The topological polar surface area (TPSA) is 86.5 Å². The van der Waals surface area contributed by atoms with Gasteiger partial charge in [-0.2, -0.15) is 5.26 Å². The number of aromatic nitrogens is 1. The molecule has 1 N–H and O–H groups in total. The summed E-state index contributed by atoms with van der Waals surface area (Å²) >= 11 is 0. The number of morpholine rings is 1. The first-order valence-corrected chi connectivity index (χ1v) is 5.16. The van der Waals surface area contributed by atoms with Crippen molar-refractivity contribution in [2.24, 2.45) is 0 Å². The van der Waals surface area contributed by atoms with E-state index >= 15 is 0 Å². The van der Waals surface area contributed by atoms with Gasteiger partial charge < -0.3 is 14.7 Å². The normalized spacial score (nSPS) is 19.7. The van der Waals surface area contributed by atoms with Gasteiger partial charge in [-0.3, -0.25) is 4.98 Å². The van der Waals surface area contributed by atoms with E-state index in [2.05, 4.69) is 4.98 Å². The summed E-state index contributed by atoms with van der Waals surface area (Å²) in [5.74, 6) is -1.02. The second kappa shape index (κ2) is 4.80. The maximum Gasteiger partial charge on any atom is 0.339 e. The van der Waals surface area contributed by atoms with Crippen LogP contribution in [0, 0.1) is 11.3 Å². The second-order valence-corrected chi connectivity index (χ2v) is 3.63. The van der Waals surface area contributed by atoms with Gasteiger partial charge in [0.2, 0.25) is 0 Å². The van der Waals surface area contributed by atoms with Crippen LogP contribution < -0.4 is 4.90 Å². The molecule has 1 atom stereocenters. The molecule has 1 saturated heterocycles. The molecule has 17 heavy (non-hydrogen) atoms. The number of anilines is 1. The molecule has 0 aromatic carbocycles. The summed E-state index contributed by atoms with van der Waals surface area (Å²) in [5.41, 5.74) is 0.724. The van der Waals surface area contributed by atoms with Crippen molar-refractivity contribution >= 4 is 11.7 Å². The molecule has 0 spiro atoms. The Morgan fingerprint density at radius 3 is 3.24 bits per heavy atom. The van der Waals surface area contributed by atoms with E-state index in [-0.39, 0.29) is 5.56 Å². The van der Waals surface area contributed by atoms with Crippen molar-refractivity contribution in [3.05, 3.63) is 24.0 Å². The first-order valence-electron chi connectivity index (χ1n) is 5.16. The maximum absolute atomic E-state index is 11.1. The number of nitriles is 1. The molecule has 1 unspecified atom stereocenters. The number of hydrogen-bond acceptors (Lipinski definition) is 5. The van der Waals surface area contributed by atoms with Crippen LogP contribution in [-0.4, -0.2) is 41.9 Å². The quantitative estimate of drug-likeness (QED) is 0.800. The minimum Gasteiger partial charge on any atom is -0.478 e. The number of carboxylic acids is 1. The van der Waals surface area contributed by atoms with Crippen LogP contribution in [0.3, 0.4) is 0 Å². The molecule has 2 rings (SSSR count). The van der Waals surface area contributed by atoms with E-state index in [0.717, 1.165) is 0 Å². The van der Waals surface area contributed by atoms with Crippen LogP contribution in [0.25, 0.3) is 0 Å². The van der Waals surface area contributed by atoms with Gasteiger partial charge in [0.05, 0.1) is 24.9 Å². The summed E-state index contributed by atoms with van der Waals surface area (Å²) in [7, 11) is 0. The number of carbonyl (C=O) groups is 1. The zero-order valence-electron chi connectivity index (χ0n) is 9.04. The number of pyridine rings is 1. The van der Waals surface area contributed by atoms with Gasteiger partial charge in [0.15, 0.2) is 6.10 Å². The minimum absolute atomic E-state index is 0.145. The van der Waals surface area contributed by atoms with Crippen LogP contribution in [0.5, 0.6) is 0 Å². The molecule has 0 radical (unpaired) electrons. The Hall–Kier alpha value is -2.13. The zero-order valence-corrected chi connectivity index (χ0v) is 9.04. The standard InChI is InChI=1S/C11H11N3O3/c12-5-8-7-14(3-4-17-8)10-1-2-13-6-9(10)11(15)16/h1-2,6,8H,3-4,7H2,(H,15,16). The van der Waals surface area contributed by atoms with Gasteiger partial charge in [-0.25, -0.2) is 4.79 Å². The van der Waals surface area contributed by atoms with Gasteiger partial charge in [0, 0.05) is 18.9 Å². The molecular formula is C11H11N3O3. The summed E-state index contributed by atoms with van der Waals surface area (Å²) in [6, 6.07) is 3.67. The van der Waals surface area contributed by atoms with Crippen molar-refractivity contribution in [2.75, 3.05) is 24.6 Å². The van der Waals surface area contributed by atoms with Crippen LogP contribution in [0.2, 0.25) is 0 Å². The minimum atomic E-state index is -1.02. The van der Waals surface area contributed by atoms with Crippen LogP contribution in [0.1, 0.15) is 10.4 Å². The van der Waals surface area contributed by atoms with Crippen molar-refractivity contribution in [3.63, 3.8) is 0 Å². The van der Waals surface area contributed by atoms with E-state index in [9.17, 15) is 4.79 Å². The van der Waals surface area contributed by atoms with Crippen molar-refractivity contribution in [2.45, 2.75) is 6.10 Å². The fourth-order valence-corrected chi connectivity index (χ4v) is 1.77. The Balaban J connectivity index is 2.28. The first kappa shape index (κ1) is 11.4. The van der Waals surface area contributed by atoms with Gasteiger partial charge in [0.1, 0.15) is 5.56 Å². The number of aromatic carboxylic acids is 1. The number of carboxylic acid groups (broad SMARTS) is 1. The third-order valence-electron chi connectivity index (χ3n) is 2.58. The van der Waals surface area contributed by atoms with Gasteiger partial charge in [0.25, 0.3) is 0 Å². The smallest absolute Gasteiger partial charge is 0.339 e. The molecule has 88 valence electrons. The van der Waals surface area contributed by atoms with Crippen LogP contribution >= 0.6 is 0 Å². The summed E-state index contributed by atoms with van der Waals surface area (Å²) in [4.78, 5) is 16.7. The number of hydrogen-bond donors (Lipinski definition) is 1. The molecule has 6 heteroatoms. The summed E-state index contributed by atoms with van der Waals surface area (Å²) in [5, 5.41) is 17.9. The van der Waals surface area contributed by atoms with E-state index in [1.165, 1.54) is 6.20 Å². The Bertz CT molecular complexity index is 469. The van der Waals surface area contributed by atoms with E-state index in [1.807, 2.05) is 11.0 Å². The second-order valence-electron chi connectivity index (χ2n) is 3.63. The lowest BCUT2D eigenvalue weighted by Gasteiger charge is -2.32. The molecule has 1 aromatic rings. The predicted octanol–water partition coefficient (Wildman–Crippen LogP) is 0.509. The van der Waals surface area contributed by atoms with E-state index in [1.54, 1.807) is 12.3 Å². The molecule has 0 saturated carbocycles. The van der Waals surface area contributed by atoms with Gasteiger partial charge in [-0.15, -0.1) is 0 Å². The molecular weight excluding hydrogens is 222 g/mol. The zero-order chi connectivity index (χ0) is 12.3. The van der Waals surface area contributed by atoms with Crippen LogP contribution in [-0.2, 0) is 4.74 Å². The van der Waals surface area contributed by atoms with Crippen LogP contribution in [0.4, 0.5) is 5.69 Å². The highest BCUT2D eigenvalue weighted by molar-refractivity contribution is 5.94. The number of rotatable bonds is 2. The maximum atomic E-state index is 11.1. The molecule has 1 aliphatic rings. The van der Waals surface area contributed by atoms with Crippen molar-refractivity contribution < 1.29 is 14.6 Å². The fourth-order valence-electron chi connectivity index (χ4n) is 1.77. The highest BCUT2D eigenvalue weighted by Gasteiger charge is 2.23. The van der Waals surface area contributed by atoms with Crippen molar-refractivity contribution in [1.29, 1.82) is 5.26 Å². The Labute approximate surface area is 98.1 Å². The molecule has 0 bridgehead atoms. The van der Waals surface area contributed by atoms with E-state index in [0.29, 0.717) is 25.4 Å². The van der Waals surface area contributed by atoms with Gasteiger partial charge >= 0.3 is 5.97 Å². The average molecular weight is 233 g/mol. The Morgan fingerprint density at radius 2 is 2.53 bits per heavy atom. The van der Waals surface area contributed by atoms with Gasteiger partial charge in [-0.1, -0.05) is 0 Å².